The Balaban J connectivity index is 1.73. The molecule has 0 aliphatic carbocycles. The summed E-state index contributed by atoms with van der Waals surface area (Å²) in [5.41, 5.74) is 1.63. The van der Waals surface area contributed by atoms with E-state index < -0.39 is 5.63 Å². The van der Waals surface area contributed by atoms with Crippen molar-refractivity contribution in [3.63, 3.8) is 0 Å². The van der Waals surface area contributed by atoms with E-state index in [4.69, 9.17) is 4.42 Å². The molecule has 0 aliphatic heterocycles. The molecule has 0 saturated heterocycles. The van der Waals surface area contributed by atoms with Crippen LogP contribution in [0.4, 0.5) is 0 Å². The summed E-state index contributed by atoms with van der Waals surface area (Å²) in [6.07, 6.45) is 0.726. The lowest BCUT2D eigenvalue weighted by Gasteiger charge is -2.06. The van der Waals surface area contributed by atoms with Crippen molar-refractivity contribution in [2.45, 2.75) is 13.3 Å². The third-order valence-electron chi connectivity index (χ3n) is 3.68. The van der Waals surface area contributed by atoms with Crippen LogP contribution in [-0.2, 0) is 6.42 Å². The van der Waals surface area contributed by atoms with Crippen LogP contribution in [0, 0.1) is 6.92 Å². The number of benzene rings is 2. The van der Waals surface area contributed by atoms with Crippen LogP contribution >= 0.6 is 0 Å². The van der Waals surface area contributed by atoms with Crippen LogP contribution in [0.15, 0.2) is 63.8 Å². The smallest absolute Gasteiger partial charge is 0.344 e. The molecule has 0 unspecified atom stereocenters. The van der Waals surface area contributed by atoms with Gasteiger partial charge in [-0.2, -0.15) is 0 Å². The first-order chi connectivity index (χ1) is 11.1. The van der Waals surface area contributed by atoms with Crippen LogP contribution in [-0.4, -0.2) is 12.5 Å². The zero-order valence-electron chi connectivity index (χ0n) is 12.8. The van der Waals surface area contributed by atoms with E-state index in [0.717, 1.165) is 17.5 Å². The Bertz CT molecular complexity index is 897. The highest BCUT2D eigenvalue weighted by Crippen LogP contribution is 2.14. The van der Waals surface area contributed by atoms with Gasteiger partial charge in [-0.15, -0.1) is 0 Å². The molecule has 0 atom stereocenters. The van der Waals surface area contributed by atoms with Gasteiger partial charge in [-0.3, -0.25) is 4.79 Å². The molecule has 23 heavy (non-hydrogen) atoms. The summed E-state index contributed by atoms with van der Waals surface area (Å²) >= 11 is 0. The second-order valence-electron chi connectivity index (χ2n) is 5.48. The minimum Gasteiger partial charge on any atom is -0.417 e. The van der Waals surface area contributed by atoms with Gasteiger partial charge in [0.2, 0.25) is 0 Å². The van der Waals surface area contributed by atoms with Crippen molar-refractivity contribution in [3.05, 3.63) is 81.9 Å². The van der Waals surface area contributed by atoms with E-state index in [9.17, 15) is 9.59 Å². The molecule has 1 heterocycles. The largest absolute Gasteiger partial charge is 0.417 e. The quantitative estimate of drug-likeness (QED) is 0.806. The summed E-state index contributed by atoms with van der Waals surface area (Å²) < 4.78 is 5.14. The maximum atomic E-state index is 12.2. The molecule has 0 fully saturated rings. The number of carbonyl (C=O) groups excluding carboxylic acids is 1. The van der Waals surface area contributed by atoms with Crippen molar-refractivity contribution in [1.29, 1.82) is 0 Å². The van der Waals surface area contributed by atoms with Crippen LogP contribution in [0.3, 0.4) is 0 Å². The summed E-state index contributed by atoms with van der Waals surface area (Å²) in [4.78, 5) is 24.2. The van der Waals surface area contributed by atoms with Gasteiger partial charge in [0.15, 0.2) is 5.76 Å². The van der Waals surface area contributed by atoms with Gasteiger partial charge in [0, 0.05) is 6.54 Å². The predicted molar refractivity (Wildman–Crippen MR) is 89.7 cm³/mol. The minimum absolute atomic E-state index is 0.0411. The highest BCUT2D eigenvalue weighted by Gasteiger charge is 2.11. The lowest BCUT2D eigenvalue weighted by atomic mass is 10.1. The van der Waals surface area contributed by atoms with Gasteiger partial charge >= 0.3 is 5.63 Å². The zero-order valence-corrected chi connectivity index (χ0v) is 12.8. The maximum absolute atomic E-state index is 12.2. The number of nitrogens with one attached hydrogen (secondary N) is 1. The van der Waals surface area contributed by atoms with Crippen LogP contribution in [0.1, 0.15) is 21.7 Å². The van der Waals surface area contributed by atoms with E-state index in [1.165, 1.54) is 0 Å². The molecule has 0 aliphatic rings. The molecule has 0 spiro atoms. The summed E-state index contributed by atoms with van der Waals surface area (Å²) in [6, 6.07) is 17.0. The average Bonchev–Trinajstić information content (AvgIpc) is 2.56. The van der Waals surface area contributed by atoms with Crippen LogP contribution in [0.25, 0.3) is 10.8 Å². The van der Waals surface area contributed by atoms with Crippen molar-refractivity contribution >= 4 is 16.7 Å². The standard InChI is InChI=1S/C19H17NO3/c1-13-7-8-15-12-17(23-19(22)16(15)11-13)18(21)20-10-9-14-5-3-2-4-6-14/h2-8,11-12H,9-10H2,1H3,(H,20,21). The highest BCUT2D eigenvalue weighted by molar-refractivity contribution is 5.95. The summed E-state index contributed by atoms with van der Waals surface area (Å²) in [5.74, 6) is -0.333. The zero-order chi connectivity index (χ0) is 16.2. The Morgan fingerprint density at radius 2 is 1.87 bits per heavy atom. The third kappa shape index (κ3) is 3.48. The van der Waals surface area contributed by atoms with Crippen LogP contribution < -0.4 is 10.9 Å². The van der Waals surface area contributed by atoms with Crippen molar-refractivity contribution < 1.29 is 9.21 Å². The Morgan fingerprint density at radius 1 is 1.09 bits per heavy atom. The number of amides is 1. The average molecular weight is 307 g/mol. The fourth-order valence-corrected chi connectivity index (χ4v) is 2.46. The first-order valence-corrected chi connectivity index (χ1v) is 7.50. The molecule has 1 aromatic heterocycles. The van der Waals surface area contributed by atoms with Gasteiger partial charge in [0.05, 0.1) is 5.39 Å². The number of carbonyl (C=O) groups is 1. The molecular weight excluding hydrogens is 290 g/mol. The molecular formula is C19H17NO3. The number of hydrogen-bond donors (Lipinski definition) is 1. The van der Waals surface area contributed by atoms with Gasteiger partial charge in [0.25, 0.3) is 5.91 Å². The Labute approximate surface area is 133 Å². The number of fused-ring (bicyclic) bond motifs is 1. The second-order valence-corrected chi connectivity index (χ2v) is 5.48. The molecule has 0 saturated carbocycles. The van der Waals surface area contributed by atoms with Crippen molar-refractivity contribution in [1.82, 2.24) is 5.32 Å². The molecule has 3 aromatic rings. The maximum Gasteiger partial charge on any atom is 0.344 e. The van der Waals surface area contributed by atoms with E-state index in [0.29, 0.717) is 17.3 Å². The molecule has 4 nitrogen and oxygen atoms in total. The van der Waals surface area contributed by atoms with E-state index in [1.54, 1.807) is 12.1 Å². The molecule has 1 amide bonds. The van der Waals surface area contributed by atoms with Gasteiger partial charge in [-0.05, 0) is 36.4 Å². The van der Waals surface area contributed by atoms with E-state index in [-0.39, 0.29) is 11.7 Å². The predicted octanol–water partition coefficient (Wildman–Crippen LogP) is 3.07. The fourth-order valence-electron chi connectivity index (χ4n) is 2.46. The molecule has 116 valence electrons. The summed E-state index contributed by atoms with van der Waals surface area (Å²) in [5, 5.41) is 3.98. The first kappa shape index (κ1) is 15.0. The van der Waals surface area contributed by atoms with E-state index in [1.807, 2.05) is 49.4 Å². The summed E-state index contributed by atoms with van der Waals surface area (Å²) in [7, 11) is 0. The Morgan fingerprint density at radius 3 is 2.65 bits per heavy atom. The summed E-state index contributed by atoms with van der Waals surface area (Å²) in [6.45, 7) is 2.39. The normalized spacial score (nSPS) is 10.7. The lowest BCUT2D eigenvalue weighted by Crippen LogP contribution is -2.26. The molecule has 4 heteroatoms. The molecule has 1 N–H and O–H groups in total. The van der Waals surface area contributed by atoms with Gasteiger partial charge in [0.1, 0.15) is 0 Å². The molecule has 3 rings (SSSR count). The van der Waals surface area contributed by atoms with Gasteiger partial charge in [-0.1, -0.05) is 48.0 Å². The fraction of sp³-hybridized carbons (Fsp3) is 0.158. The second kappa shape index (κ2) is 6.48. The number of aryl methyl sites for hydroxylation is 1. The number of rotatable bonds is 4. The van der Waals surface area contributed by atoms with Crippen molar-refractivity contribution in [2.75, 3.05) is 6.54 Å². The van der Waals surface area contributed by atoms with Gasteiger partial charge < -0.3 is 9.73 Å². The third-order valence-corrected chi connectivity index (χ3v) is 3.68. The van der Waals surface area contributed by atoms with Crippen LogP contribution in [0.2, 0.25) is 0 Å². The van der Waals surface area contributed by atoms with E-state index in [2.05, 4.69) is 5.32 Å². The van der Waals surface area contributed by atoms with Crippen molar-refractivity contribution in [2.24, 2.45) is 0 Å². The Kier molecular flexibility index (Phi) is 4.24. The van der Waals surface area contributed by atoms with E-state index >= 15 is 0 Å². The van der Waals surface area contributed by atoms with Crippen molar-refractivity contribution in [3.8, 4) is 0 Å². The van der Waals surface area contributed by atoms with Crippen LogP contribution in [0.5, 0.6) is 0 Å². The SMILES string of the molecule is Cc1ccc2cc(C(=O)NCCc3ccccc3)oc(=O)c2c1. The molecule has 2 aromatic carbocycles. The number of hydrogen-bond acceptors (Lipinski definition) is 3. The monoisotopic (exact) mass is 307 g/mol. The lowest BCUT2D eigenvalue weighted by molar-refractivity contribution is 0.0922. The topological polar surface area (TPSA) is 59.3 Å². The minimum atomic E-state index is -0.487. The Hall–Kier alpha value is -2.88. The molecule has 0 radical (unpaired) electrons. The molecule has 0 bridgehead atoms. The highest BCUT2D eigenvalue weighted by atomic mass is 16.4. The first-order valence-electron chi connectivity index (χ1n) is 7.50. The van der Waals surface area contributed by atoms with Gasteiger partial charge in [-0.25, -0.2) is 4.79 Å².